The molecule has 0 radical (unpaired) electrons. The minimum atomic E-state index is 0. The van der Waals surface area contributed by atoms with E-state index in [0.29, 0.717) is 0 Å². The summed E-state index contributed by atoms with van der Waals surface area (Å²) in [6.07, 6.45) is 2.11. The summed E-state index contributed by atoms with van der Waals surface area (Å²) in [7, 11) is 5.24. The van der Waals surface area contributed by atoms with Crippen molar-refractivity contribution >= 4 is 35.6 Å². The zero-order valence-electron chi connectivity index (χ0n) is 18.0. The molecule has 1 N–H and O–H groups in total. The first kappa shape index (κ1) is 22.7. The molecular formula is C23H31IN4O2. The monoisotopic (exact) mass is 522 g/mol. The first-order valence-electron chi connectivity index (χ1n) is 10.3. The number of aliphatic imine (C=N–C) groups is 1. The Hall–Kier alpha value is -2.00. The van der Waals surface area contributed by atoms with Crippen molar-refractivity contribution in [1.29, 1.82) is 0 Å². The van der Waals surface area contributed by atoms with Gasteiger partial charge in [0.05, 0.1) is 14.2 Å². The first-order valence-corrected chi connectivity index (χ1v) is 10.3. The standard InChI is InChI=1S/C23H30N4O2.HI/c1-24-23(27-12-9-17-6-4-5-7-20(17)27)25-10-13-26-11-8-18-14-21(28-2)22(29-3)15-19(18)16-26;/h4-7,14-15H,8-13,16H2,1-3H3,(H,24,25);1H. The van der Waals surface area contributed by atoms with Crippen molar-refractivity contribution in [2.45, 2.75) is 19.4 Å². The van der Waals surface area contributed by atoms with Crippen LogP contribution in [0.4, 0.5) is 5.69 Å². The number of para-hydroxylation sites is 1. The number of fused-ring (bicyclic) bond motifs is 2. The molecule has 2 aliphatic rings. The highest BCUT2D eigenvalue weighted by atomic mass is 127. The number of benzene rings is 2. The number of nitrogens with zero attached hydrogens (tertiary/aromatic N) is 3. The van der Waals surface area contributed by atoms with Gasteiger partial charge in [-0.2, -0.15) is 0 Å². The third-order valence-electron chi connectivity index (χ3n) is 5.86. The van der Waals surface area contributed by atoms with E-state index in [9.17, 15) is 0 Å². The number of hydrogen-bond donors (Lipinski definition) is 1. The molecule has 4 rings (SSSR count). The molecule has 7 heteroatoms. The third kappa shape index (κ3) is 4.67. The van der Waals surface area contributed by atoms with Crippen LogP contribution in [0.25, 0.3) is 0 Å². The van der Waals surface area contributed by atoms with Crippen molar-refractivity contribution in [3.8, 4) is 11.5 Å². The van der Waals surface area contributed by atoms with E-state index in [2.05, 4.69) is 56.5 Å². The highest BCUT2D eigenvalue weighted by Gasteiger charge is 2.23. The molecule has 0 fully saturated rings. The van der Waals surface area contributed by atoms with Crippen molar-refractivity contribution in [3.05, 3.63) is 53.1 Å². The van der Waals surface area contributed by atoms with Crippen LogP contribution in [0.2, 0.25) is 0 Å². The van der Waals surface area contributed by atoms with E-state index in [0.717, 1.165) is 63.0 Å². The number of anilines is 1. The second kappa shape index (κ2) is 10.3. The molecule has 6 nitrogen and oxygen atoms in total. The lowest BCUT2D eigenvalue weighted by Crippen LogP contribution is -2.44. The molecule has 2 aromatic rings. The van der Waals surface area contributed by atoms with E-state index in [4.69, 9.17) is 9.47 Å². The van der Waals surface area contributed by atoms with Gasteiger partial charge in [0.1, 0.15) is 0 Å². The van der Waals surface area contributed by atoms with Gasteiger partial charge in [-0.25, -0.2) is 0 Å². The summed E-state index contributed by atoms with van der Waals surface area (Å²) in [6.45, 7) is 4.81. The third-order valence-corrected chi connectivity index (χ3v) is 5.86. The van der Waals surface area contributed by atoms with Crippen molar-refractivity contribution in [1.82, 2.24) is 10.2 Å². The van der Waals surface area contributed by atoms with Crippen LogP contribution in [0.3, 0.4) is 0 Å². The van der Waals surface area contributed by atoms with Crippen molar-refractivity contribution in [3.63, 3.8) is 0 Å². The molecule has 0 saturated carbocycles. The number of rotatable bonds is 5. The molecule has 0 saturated heterocycles. The normalized spacial score (nSPS) is 15.8. The predicted octanol–water partition coefficient (Wildman–Crippen LogP) is 3.32. The van der Waals surface area contributed by atoms with Crippen LogP contribution in [0.1, 0.15) is 16.7 Å². The van der Waals surface area contributed by atoms with Gasteiger partial charge in [0.15, 0.2) is 17.5 Å². The largest absolute Gasteiger partial charge is 0.493 e. The summed E-state index contributed by atoms with van der Waals surface area (Å²) < 4.78 is 10.9. The molecule has 0 spiro atoms. The quantitative estimate of drug-likeness (QED) is 0.371. The summed E-state index contributed by atoms with van der Waals surface area (Å²) in [5, 5.41) is 3.55. The van der Waals surface area contributed by atoms with Crippen LogP contribution in [0.5, 0.6) is 11.5 Å². The van der Waals surface area contributed by atoms with Crippen LogP contribution in [0, 0.1) is 0 Å². The Morgan fingerprint density at radius 3 is 2.43 bits per heavy atom. The van der Waals surface area contributed by atoms with Gasteiger partial charge in [0.2, 0.25) is 0 Å². The molecule has 2 aliphatic heterocycles. The summed E-state index contributed by atoms with van der Waals surface area (Å²) in [5.41, 5.74) is 5.35. The molecule has 0 bridgehead atoms. The molecule has 30 heavy (non-hydrogen) atoms. The number of hydrogen-bond acceptors (Lipinski definition) is 4. The summed E-state index contributed by atoms with van der Waals surface area (Å²) >= 11 is 0. The van der Waals surface area contributed by atoms with Crippen LogP contribution in [0.15, 0.2) is 41.4 Å². The molecule has 0 amide bonds. The fraction of sp³-hybridized carbons (Fsp3) is 0.435. The Morgan fingerprint density at radius 1 is 1.00 bits per heavy atom. The molecule has 2 heterocycles. The zero-order valence-corrected chi connectivity index (χ0v) is 20.3. The van der Waals surface area contributed by atoms with Gasteiger partial charge in [0, 0.05) is 45.5 Å². The Bertz CT molecular complexity index is 903. The lowest BCUT2D eigenvalue weighted by atomic mass is 9.99. The van der Waals surface area contributed by atoms with E-state index in [1.807, 2.05) is 7.05 Å². The minimum absolute atomic E-state index is 0. The van der Waals surface area contributed by atoms with Gasteiger partial charge < -0.3 is 19.7 Å². The zero-order chi connectivity index (χ0) is 20.2. The van der Waals surface area contributed by atoms with E-state index < -0.39 is 0 Å². The molecule has 162 valence electrons. The SMILES string of the molecule is CN=C(NCCN1CCc2cc(OC)c(OC)cc2C1)N1CCc2ccccc21.I. The maximum Gasteiger partial charge on any atom is 0.198 e. The molecule has 0 unspecified atom stereocenters. The van der Waals surface area contributed by atoms with E-state index in [1.54, 1.807) is 14.2 Å². The van der Waals surface area contributed by atoms with Gasteiger partial charge in [-0.1, -0.05) is 18.2 Å². The van der Waals surface area contributed by atoms with Crippen LogP contribution >= 0.6 is 24.0 Å². The number of methoxy groups -OCH3 is 2. The Balaban J connectivity index is 0.00000256. The summed E-state index contributed by atoms with van der Waals surface area (Å²) in [6, 6.07) is 12.8. The number of guanidine groups is 1. The van der Waals surface area contributed by atoms with Gasteiger partial charge in [0.25, 0.3) is 0 Å². The van der Waals surface area contributed by atoms with E-state index >= 15 is 0 Å². The topological polar surface area (TPSA) is 49.3 Å². The van der Waals surface area contributed by atoms with Crippen LogP contribution < -0.4 is 19.7 Å². The highest BCUT2D eigenvalue weighted by Crippen LogP contribution is 2.33. The number of nitrogens with one attached hydrogen (secondary N) is 1. The van der Waals surface area contributed by atoms with Crippen molar-refractivity contribution in [2.24, 2.45) is 4.99 Å². The Labute approximate surface area is 196 Å². The average Bonchev–Trinajstić information content (AvgIpc) is 3.19. The van der Waals surface area contributed by atoms with Crippen molar-refractivity contribution < 1.29 is 9.47 Å². The maximum atomic E-state index is 5.47. The molecule has 2 aromatic carbocycles. The molecule has 0 aromatic heterocycles. The predicted molar refractivity (Wildman–Crippen MR) is 133 cm³/mol. The number of halogens is 1. The fourth-order valence-corrected chi connectivity index (χ4v) is 4.31. The summed E-state index contributed by atoms with van der Waals surface area (Å²) in [5.74, 6) is 2.58. The highest BCUT2D eigenvalue weighted by molar-refractivity contribution is 14.0. The van der Waals surface area contributed by atoms with Crippen molar-refractivity contribution in [2.75, 3.05) is 52.3 Å². The second-order valence-corrected chi connectivity index (χ2v) is 7.51. The summed E-state index contributed by atoms with van der Waals surface area (Å²) in [4.78, 5) is 9.28. The van der Waals surface area contributed by atoms with Gasteiger partial charge in [-0.3, -0.25) is 9.89 Å². The first-order chi connectivity index (χ1) is 14.2. The fourth-order valence-electron chi connectivity index (χ4n) is 4.31. The molecule has 0 atom stereocenters. The van der Waals surface area contributed by atoms with Gasteiger partial charge in [-0.15, -0.1) is 24.0 Å². The second-order valence-electron chi connectivity index (χ2n) is 7.51. The lowest BCUT2D eigenvalue weighted by molar-refractivity contribution is 0.256. The Kier molecular flexibility index (Phi) is 7.82. The number of ether oxygens (including phenoxy) is 2. The smallest absolute Gasteiger partial charge is 0.198 e. The average molecular weight is 522 g/mol. The lowest BCUT2D eigenvalue weighted by Gasteiger charge is -2.30. The Morgan fingerprint density at radius 2 is 1.70 bits per heavy atom. The van der Waals surface area contributed by atoms with Gasteiger partial charge in [-0.05, 0) is 47.7 Å². The van der Waals surface area contributed by atoms with Crippen LogP contribution in [-0.2, 0) is 19.4 Å². The van der Waals surface area contributed by atoms with E-state index in [-0.39, 0.29) is 24.0 Å². The maximum absolute atomic E-state index is 5.47. The van der Waals surface area contributed by atoms with E-state index in [1.165, 1.54) is 22.4 Å². The van der Waals surface area contributed by atoms with Crippen LogP contribution in [-0.4, -0.2) is 58.3 Å². The van der Waals surface area contributed by atoms with Gasteiger partial charge >= 0.3 is 0 Å². The molecular weight excluding hydrogens is 491 g/mol. The molecule has 0 aliphatic carbocycles. The minimum Gasteiger partial charge on any atom is -0.493 e.